The summed E-state index contributed by atoms with van der Waals surface area (Å²) in [7, 11) is 0. The van der Waals surface area contributed by atoms with Crippen LogP contribution in [0.3, 0.4) is 0 Å². The lowest BCUT2D eigenvalue weighted by Gasteiger charge is -2.29. The van der Waals surface area contributed by atoms with E-state index < -0.39 is 4.92 Å². The van der Waals surface area contributed by atoms with E-state index in [-0.39, 0.29) is 16.9 Å². The van der Waals surface area contributed by atoms with E-state index >= 15 is 0 Å². The van der Waals surface area contributed by atoms with Gasteiger partial charge in [-0.25, -0.2) is 0 Å². The first-order chi connectivity index (χ1) is 9.39. The third-order valence-electron chi connectivity index (χ3n) is 3.54. The Hall–Kier alpha value is -0.460. The number of nitrogens with zero attached hydrogens (tertiary/aromatic N) is 1. The smallest absolute Gasteiger partial charge is 0.313 e. The molecule has 20 heavy (non-hydrogen) atoms. The zero-order valence-corrected chi connectivity index (χ0v) is 14.6. The first kappa shape index (κ1) is 17.6. The minimum absolute atomic E-state index is 0.0872. The lowest BCUT2D eigenvalue weighted by atomic mass is 9.85. The maximum Gasteiger partial charge on any atom is 0.313 e. The van der Waals surface area contributed by atoms with Crippen molar-refractivity contribution in [2.75, 3.05) is 12.4 Å². The SMILES string of the molecule is CCC(CC)(CS)COc1c(Br)cc(Cl)cc1[N+](=O)[O-]. The molecule has 112 valence electrons. The Morgan fingerprint density at radius 3 is 2.50 bits per heavy atom. The molecule has 1 aromatic rings. The lowest BCUT2D eigenvalue weighted by Crippen LogP contribution is -2.29. The van der Waals surface area contributed by atoms with E-state index in [4.69, 9.17) is 16.3 Å². The van der Waals surface area contributed by atoms with Crippen LogP contribution >= 0.6 is 40.2 Å². The lowest BCUT2D eigenvalue weighted by molar-refractivity contribution is -0.386. The molecule has 0 fully saturated rings. The number of thiol groups is 1. The summed E-state index contributed by atoms with van der Waals surface area (Å²) in [6, 6.07) is 2.88. The van der Waals surface area contributed by atoms with Gasteiger partial charge in [0.2, 0.25) is 5.75 Å². The van der Waals surface area contributed by atoms with Crippen LogP contribution in [0.25, 0.3) is 0 Å². The average molecular weight is 383 g/mol. The molecule has 0 amide bonds. The molecular weight excluding hydrogens is 366 g/mol. The Labute approximate surface area is 137 Å². The highest BCUT2D eigenvalue weighted by Crippen LogP contribution is 2.39. The van der Waals surface area contributed by atoms with Crippen molar-refractivity contribution in [1.29, 1.82) is 0 Å². The highest BCUT2D eigenvalue weighted by molar-refractivity contribution is 9.10. The molecule has 0 radical (unpaired) electrons. The predicted octanol–water partition coefficient (Wildman–Crippen LogP) is 5.13. The van der Waals surface area contributed by atoms with Crippen molar-refractivity contribution >= 4 is 45.8 Å². The fraction of sp³-hybridized carbons (Fsp3) is 0.538. The van der Waals surface area contributed by atoms with Crippen molar-refractivity contribution in [3.05, 3.63) is 31.7 Å². The molecule has 0 aliphatic rings. The third-order valence-corrected chi connectivity index (χ3v) is 5.02. The molecule has 0 atom stereocenters. The fourth-order valence-electron chi connectivity index (χ4n) is 1.77. The number of rotatable bonds is 7. The minimum atomic E-state index is -0.494. The van der Waals surface area contributed by atoms with Crippen LogP contribution in [-0.2, 0) is 0 Å². The zero-order chi connectivity index (χ0) is 15.3. The van der Waals surface area contributed by atoms with Gasteiger partial charge in [-0.2, -0.15) is 12.6 Å². The maximum absolute atomic E-state index is 11.1. The molecule has 0 aromatic heterocycles. The molecule has 0 unspecified atom stereocenters. The number of hydrogen-bond donors (Lipinski definition) is 1. The molecule has 0 N–H and O–H groups in total. The number of ether oxygens (including phenoxy) is 1. The van der Waals surface area contributed by atoms with Crippen LogP contribution < -0.4 is 4.74 Å². The number of halogens is 2. The molecular formula is C13H17BrClNO3S. The summed E-state index contributed by atoms with van der Waals surface area (Å²) in [6.07, 6.45) is 1.79. The Morgan fingerprint density at radius 2 is 2.05 bits per heavy atom. The summed E-state index contributed by atoms with van der Waals surface area (Å²) in [5, 5.41) is 11.4. The Bertz CT molecular complexity index is 486. The molecule has 0 saturated carbocycles. The van der Waals surface area contributed by atoms with E-state index in [1.165, 1.54) is 6.07 Å². The number of benzene rings is 1. The van der Waals surface area contributed by atoms with E-state index in [0.29, 0.717) is 21.9 Å². The van der Waals surface area contributed by atoms with Gasteiger partial charge in [-0.1, -0.05) is 25.4 Å². The van der Waals surface area contributed by atoms with Gasteiger partial charge in [-0.05, 0) is 40.6 Å². The van der Waals surface area contributed by atoms with Crippen molar-refractivity contribution < 1.29 is 9.66 Å². The van der Waals surface area contributed by atoms with Gasteiger partial charge < -0.3 is 4.74 Å². The molecule has 1 rings (SSSR count). The second-order valence-electron chi connectivity index (χ2n) is 4.65. The van der Waals surface area contributed by atoms with Crippen molar-refractivity contribution in [3.63, 3.8) is 0 Å². The summed E-state index contributed by atoms with van der Waals surface area (Å²) in [6.45, 7) is 4.51. The van der Waals surface area contributed by atoms with Crippen LogP contribution in [0.5, 0.6) is 5.75 Å². The predicted molar refractivity (Wildman–Crippen MR) is 88.2 cm³/mol. The van der Waals surface area contributed by atoms with Gasteiger partial charge in [0.15, 0.2) is 0 Å². The first-order valence-electron chi connectivity index (χ1n) is 6.26. The molecule has 0 bridgehead atoms. The highest BCUT2D eigenvalue weighted by Gasteiger charge is 2.28. The van der Waals surface area contributed by atoms with E-state index in [1.54, 1.807) is 6.07 Å². The molecule has 0 aliphatic carbocycles. The summed E-state index contributed by atoms with van der Waals surface area (Å²) in [4.78, 5) is 10.6. The average Bonchev–Trinajstić information content (AvgIpc) is 2.41. The van der Waals surface area contributed by atoms with Gasteiger partial charge in [0.25, 0.3) is 0 Å². The Kier molecular flexibility index (Phi) is 6.61. The fourth-order valence-corrected chi connectivity index (χ4v) is 3.22. The Morgan fingerprint density at radius 1 is 1.45 bits per heavy atom. The highest BCUT2D eigenvalue weighted by atomic mass is 79.9. The van der Waals surface area contributed by atoms with E-state index in [1.807, 2.05) is 0 Å². The second kappa shape index (κ2) is 7.52. The van der Waals surface area contributed by atoms with Gasteiger partial charge in [-0.15, -0.1) is 0 Å². The van der Waals surface area contributed by atoms with Crippen molar-refractivity contribution in [3.8, 4) is 5.75 Å². The minimum Gasteiger partial charge on any atom is -0.485 e. The Balaban J connectivity index is 3.06. The number of nitro benzene ring substituents is 1. The van der Waals surface area contributed by atoms with Gasteiger partial charge in [0.1, 0.15) is 0 Å². The van der Waals surface area contributed by atoms with Gasteiger partial charge >= 0.3 is 5.69 Å². The summed E-state index contributed by atoms with van der Waals surface area (Å²) in [5.41, 5.74) is -0.222. The van der Waals surface area contributed by atoms with Crippen LogP contribution in [-0.4, -0.2) is 17.3 Å². The molecule has 0 spiro atoms. The first-order valence-corrected chi connectivity index (χ1v) is 8.06. The molecule has 0 aliphatic heterocycles. The zero-order valence-electron chi connectivity index (χ0n) is 11.4. The number of nitro groups is 1. The third kappa shape index (κ3) is 4.02. The quantitative estimate of drug-likeness (QED) is 0.404. The summed E-state index contributed by atoms with van der Waals surface area (Å²) < 4.78 is 6.21. The number of hydrogen-bond acceptors (Lipinski definition) is 4. The molecule has 1 aromatic carbocycles. The normalized spacial score (nSPS) is 11.4. The maximum atomic E-state index is 11.1. The summed E-state index contributed by atoms with van der Waals surface area (Å²) in [5.74, 6) is 0.881. The van der Waals surface area contributed by atoms with Crippen LogP contribution in [0.2, 0.25) is 5.02 Å². The van der Waals surface area contributed by atoms with Gasteiger partial charge in [0.05, 0.1) is 16.0 Å². The summed E-state index contributed by atoms with van der Waals surface area (Å²) >= 11 is 13.5. The molecule has 4 nitrogen and oxygen atoms in total. The second-order valence-corrected chi connectivity index (χ2v) is 6.25. The van der Waals surface area contributed by atoms with Crippen LogP contribution in [0.1, 0.15) is 26.7 Å². The van der Waals surface area contributed by atoms with Gasteiger partial charge in [0, 0.05) is 16.5 Å². The van der Waals surface area contributed by atoms with E-state index in [0.717, 1.165) is 12.8 Å². The molecule has 0 saturated heterocycles. The molecule has 0 heterocycles. The molecule has 7 heteroatoms. The van der Waals surface area contributed by atoms with E-state index in [2.05, 4.69) is 42.4 Å². The van der Waals surface area contributed by atoms with E-state index in [9.17, 15) is 10.1 Å². The van der Waals surface area contributed by atoms with Crippen LogP contribution in [0, 0.1) is 15.5 Å². The monoisotopic (exact) mass is 381 g/mol. The van der Waals surface area contributed by atoms with Crippen molar-refractivity contribution in [2.24, 2.45) is 5.41 Å². The largest absolute Gasteiger partial charge is 0.485 e. The standard InChI is InChI=1S/C13H17BrClNO3S/c1-3-13(4-2,8-20)7-19-12-10(14)5-9(15)6-11(12)16(17)18/h5-6,20H,3-4,7-8H2,1-2H3. The van der Waals surface area contributed by atoms with Gasteiger partial charge in [-0.3, -0.25) is 10.1 Å². The van der Waals surface area contributed by atoms with Crippen LogP contribution in [0.15, 0.2) is 16.6 Å². The van der Waals surface area contributed by atoms with Crippen molar-refractivity contribution in [2.45, 2.75) is 26.7 Å². The van der Waals surface area contributed by atoms with Crippen LogP contribution in [0.4, 0.5) is 5.69 Å². The topological polar surface area (TPSA) is 52.4 Å². The van der Waals surface area contributed by atoms with Crippen molar-refractivity contribution in [1.82, 2.24) is 0 Å².